The van der Waals surface area contributed by atoms with Crippen LogP contribution in [0, 0.1) is 6.92 Å². The minimum atomic E-state index is 0.520. The van der Waals surface area contributed by atoms with Gasteiger partial charge in [0, 0.05) is 0 Å². The first-order valence-corrected chi connectivity index (χ1v) is 6.61. The van der Waals surface area contributed by atoms with Crippen molar-refractivity contribution in [2.75, 3.05) is 13.1 Å². The van der Waals surface area contributed by atoms with Crippen LogP contribution in [0.4, 0.5) is 0 Å². The Balaban J connectivity index is 2.04. The van der Waals surface area contributed by atoms with E-state index >= 15 is 0 Å². The Labute approximate surface area is 98.3 Å². The number of aryl methyl sites for hydroxylation is 2. The second-order valence-corrected chi connectivity index (χ2v) is 5.54. The Hall–Kier alpha value is -0.820. The topological polar surface area (TPSA) is 12.0 Å². The first-order valence-electron chi connectivity index (χ1n) is 6.61. The van der Waals surface area contributed by atoms with Crippen molar-refractivity contribution in [3.05, 3.63) is 34.9 Å². The second-order valence-electron chi connectivity index (χ2n) is 5.54. The Bertz CT molecular complexity index is 388. The summed E-state index contributed by atoms with van der Waals surface area (Å²) in [6, 6.07) is 7.13. The maximum atomic E-state index is 3.50. The molecule has 2 aliphatic rings. The molecule has 16 heavy (non-hydrogen) atoms. The fraction of sp³-hybridized carbons (Fsp3) is 0.600. The van der Waals surface area contributed by atoms with E-state index in [0.717, 1.165) is 0 Å². The molecule has 1 spiro atoms. The van der Waals surface area contributed by atoms with E-state index in [-0.39, 0.29) is 0 Å². The minimum Gasteiger partial charge on any atom is -0.317 e. The standard InChI is InChI=1S/C15H21N/c1-12-4-5-14-13(11-12)3-2-6-15(14)7-9-16-10-8-15/h4-5,11,16H,2-3,6-10H2,1H3. The number of rotatable bonds is 0. The van der Waals surface area contributed by atoms with Gasteiger partial charge in [-0.15, -0.1) is 0 Å². The summed E-state index contributed by atoms with van der Waals surface area (Å²) in [5, 5.41) is 3.50. The van der Waals surface area contributed by atoms with Gasteiger partial charge in [-0.3, -0.25) is 0 Å². The smallest absolute Gasteiger partial charge is 0.00200 e. The third kappa shape index (κ3) is 1.58. The highest BCUT2D eigenvalue weighted by Gasteiger charge is 2.37. The van der Waals surface area contributed by atoms with E-state index in [4.69, 9.17) is 0 Å². The van der Waals surface area contributed by atoms with Crippen LogP contribution in [0.2, 0.25) is 0 Å². The van der Waals surface area contributed by atoms with Gasteiger partial charge < -0.3 is 5.32 Å². The molecule has 0 aromatic heterocycles. The maximum Gasteiger partial charge on any atom is -0.00200 e. The van der Waals surface area contributed by atoms with Gasteiger partial charge in [0.15, 0.2) is 0 Å². The molecule has 1 aliphatic heterocycles. The first-order chi connectivity index (χ1) is 7.80. The number of piperidine rings is 1. The number of fused-ring (bicyclic) bond motifs is 2. The monoisotopic (exact) mass is 215 g/mol. The van der Waals surface area contributed by atoms with Crippen molar-refractivity contribution in [1.82, 2.24) is 5.32 Å². The molecule has 0 saturated carbocycles. The van der Waals surface area contributed by atoms with Crippen molar-refractivity contribution in [3.8, 4) is 0 Å². The molecule has 3 rings (SSSR count). The molecule has 0 amide bonds. The molecule has 1 aliphatic carbocycles. The van der Waals surface area contributed by atoms with Gasteiger partial charge in [0.2, 0.25) is 0 Å². The van der Waals surface area contributed by atoms with Crippen LogP contribution >= 0.6 is 0 Å². The zero-order valence-corrected chi connectivity index (χ0v) is 10.2. The fourth-order valence-corrected chi connectivity index (χ4v) is 3.62. The summed E-state index contributed by atoms with van der Waals surface area (Å²) in [4.78, 5) is 0. The molecule has 1 aromatic rings. The van der Waals surface area contributed by atoms with E-state index in [1.165, 1.54) is 50.8 Å². The van der Waals surface area contributed by atoms with Gasteiger partial charge in [-0.1, -0.05) is 23.8 Å². The Morgan fingerprint density at radius 2 is 1.94 bits per heavy atom. The van der Waals surface area contributed by atoms with Gasteiger partial charge in [0.1, 0.15) is 0 Å². The van der Waals surface area contributed by atoms with E-state index in [1.54, 1.807) is 11.1 Å². The number of hydrogen-bond donors (Lipinski definition) is 1. The van der Waals surface area contributed by atoms with Gasteiger partial charge in [0.05, 0.1) is 0 Å². The third-order valence-electron chi connectivity index (χ3n) is 4.49. The van der Waals surface area contributed by atoms with Crippen molar-refractivity contribution in [2.45, 2.75) is 44.4 Å². The van der Waals surface area contributed by atoms with Crippen LogP contribution in [0.3, 0.4) is 0 Å². The molecule has 1 N–H and O–H groups in total. The summed E-state index contributed by atoms with van der Waals surface area (Å²) >= 11 is 0. The molecule has 86 valence electrons. The average molecular weight is 215 g/mol. The molecular formula is C15H21N. The first kappa shape index (κ1) is 10.3. The van der Waals surface area contributed by atoms with Gasteiger partial charge in [-0.2, -0.15) is 0 Å². The van der Waals surface area contributed by atoms with Crippen LogP contribution in [0.1, 0.15) is 42.4 Å². The van der Waals surface area contributed by atoms with E-state index < -0.39 is 0 Å². The fourth-order valence-electron chi connectivity index (χ4n) is 3.62. The van der Waals surface area contributed by atoms with Gasteiger partial charge in [-0.05, 0) is 68.7 Å². The normalized spacial score (nSPS) is 23.1. The quantitative estimate of drug-likeness (QED) is 0.701. The molecule has 1 heteroatoms. The summed E-state index contributed by atoms with van der Waals surface area (Å²) in [7, 11) is 0. The summed E-state index contributed by atoms with van der Waals surface area (Å²) in [6.45, 7) is 4.62. The van der Waals surface area contributed by atoms with E-state index in [2.05, 4.69) is 30.4 Å². The SMILES string of the molecule is Cc1ccc2c(c1)CCCC21CCNCC1. The molecular weight excluding hydrogens is 194 g/mol. The summed E-state index contributed by atoms with van der Waals surface area (Å²) in [6.07, 6.45) is 6.76. The van der Waals surface area contributed by atoms with Crippen LogP contribution in [0.5, 0.6) is 0 Å². The molecule has 1 saturated heterocycles. The lowest BCUT2D eigenvalue weighted by Gasteiger charge is -2.42. The minimum absolute atomic E-state index is 0.520. The van der Waals surface area contributed by atoms with Crippen molar-refractivity contribution in [1.29, 1.82) is 0 Å². The average Bonchev–Trinajstić information content (AvgIpc) is 2.30. The molecule has 0 atom stereocenters. The van der Waals surface area contributed by atoms with Crippen LogP contribution in [-0.4, -0.2) is 13.1 Å². The van der Waals surface area contributed by atoms with Crippen molar-refractivity contribution >= 4 is 0 Å². The maximum absolute atomic E-state index is 3.50. The molecule has 1 nitrogen and oxygen atoms in total. The van der Waals surface area contributed by atoms with Crippen molar-refractivity contribution in [2.24, 2.45) is 0 Å². The Morgan fingerprint density at radius 3 is 2.75 bits per heavy atom. The van der Waals surface area contributed by atoms with Crippen LogP contribution in [0.25, 0.3) is 0 Å². The molecule has 0 unspecified atom stereocenters. The highest BCUT2D eigenvalue weighted by Crippen LogP contribution is 2.43. The van der Waals surface area contributed by atoms with Gasteiger partial charge in [-0.25, -0.2) is 0 Å². The lowest BCUT2D eigenvalue weighted by molar-refractivity contribution is 0.268. The third-order valence-corrected chi connectivity index (χ3v) is 4.49. The molecule has 1 fully saturated rings. The van der Waals surface area contributed by atoms with Gasteiger partial charge in [0.25, 0.3) is 0 Å². The summed E-state index contributed by atoms with van der Waals surface area (Å²) in [5.41, 5.74) is 5.25. The highest BCUT2D eigenvalue weighted by molar-refractivity contribution is 5.39. The number of nitrogens with one attached hydrogen (secondary N) is 1. The van der Waals surface area contributed by atoms with Crippen LogP contribution in [0.15, 0.2) is 18.2 Å². The largest absolute Gasteiger partial charge is 0.317 e. The number of hydrogen-bond acceptors (Lipinski definition) is 1. The van der Waals surface area contributed by atoms with Crippen LogP contribution in [-0.2, 0) is 11.8 Å². The van der Waals surface area contributed by atoms with E-state index in [9.17, 15) is 0 Å². The van der Waals surface area contributed by atoms with Crippen molar-refractivity contribution < 1.29 is 0 Å². The van der Waals surface area contributed by atoms with E-state index in [0.29, 0.717) is 5.41 Å². The predicted molar refractivity (Wildman–Crippen MR) is 67.9 cm³/mol. The molecule has 1 aromatic carbocycles. The van der Waals surface area contributed by atoms with Gasteiger partial charge >= 0.3 is 0 Å². The highest BCUT2D eigenvalue weighted by atomic mass is 14.9. The lowest BCUT2D eigenvalue weighted by Crippen LogP contribution is -2.42. The van der Waals surface area contributed by atoms with Crippen molar-refractivity contribution in [3.63, 3.8) is 0 Å². The predicted octanol–water partition coefficient (Wildman–Crippen LogP) is 2.95. The summed E-state index contributed by atoms with van der Waals surface area (Å²) < 4.78 is 0. The summed E-state index contributed by atoms with van der Waals surface area (Å²) in [5.74, 6) is 0. The Kier molecular flexibility index (Phi) is 2.51. The Morgan fingerprint density at radius 1 is 1.12 bits per heavy atom. The van der Waals surface area contributed by atoms with E-state index in [1.807, 2.05) is 0 Å². The molecule has 0 bridgehead atoms. The van der Waals surface area contributed by atoms with Crippen LogP contribution < -0.4 is 5.32 Å². The molecule has 0 radical (unpaired) electrons. The second kappa shape index (κ2) is 3.89. The lowest BCUT2D eigenvalue weighted by atomic mass is 9.65. The number of benzene rings is 1. The zero-order valence-electron chi connectivity index (χ0n) is 10.2. The molecule has 1 heterocycles. The zero-order chi connectivity index (χ0) is 11.0.